The van der Waals surface area contributed by atoms with E-state index in [1.807, 2.05) is 7.05 Å². The van der Waals surface area contributed by atoms with Gasteiger partial charge in [0, 0.05) is 12.8 Å². The van der Waals surface area contributed by atoms with Crippen molar-refractivity contribution >= 4 is 0 Å². The molecule has 1 aliphatic rings. The lowest BCUT2D eigenvalue weighted by atomic mass is 10.1. The molecule has 64 valence electrons. The first-order valence-electron chi connectivity index (χ1n) is 4.28. The molecule has 0 aliphatic heterocycles. The topological polar surface area (TPSA) is 38.0 Å². The molecule has 0 bridgehead atoms. The molecule has 1 aliphatic carbocycles. The Hall–Kier alpha value is -0.860. The first-order chi connectivity index (χ1) is 5.73. The van der Waals surface area contributed by atoms with E-state index in [0.29, 0.717) is 0 Å². The van der Waals surface area contributed by atoms with E-state index < -0.39 is 0 Å². The summed E-state index contributed by atoms with van der Waals surface area (Å²) < 4.78 is 0. The number of rotatable bonds is 1. The first kappa shape index (κ1) is 7.77. The van der Waals surface area contributed by atoms with Crippen molar-refractivity contribution < 1.29 is 0 Å². The Morgan fingerprint density at radius 3 is 2.17 bits per heavy atom. The zero-order chi connectivity index (χ0) is 8.60. The van der Waals surface area contributed by atoms with E-state index >= 15 is 0 Å². The summed E-state index contributed by atoms with van der Waals surface area (Å²) in [6.07, 6.45) is 1.89. The maximum atomic E-state index is 6.10. The minimum Gasteiger partial charge on any atom is -0.313 e. The second-order valence-corrected chi connectivity index (χ2v) is 3.53. The fraction of sp³-hybridized carbons (Fsp3) is 0.400. The quantitative estimate of drug-likeness (QED) is 0.595. The predicted octanol–water partition coefficient (Wildman–Crippen LogP) is 0.660. The molecular weight excluding hydrogens is 148 g/mol. The third-order valence-corrected chi connectivity index (χ3v) is 2.63. The highest BCUT2D eigenvalue weighted by Gasteiger charge is 2.31. The number of nitrogens with two attached hydrogens (primary N) is 1. The van der Waals surface area contributed by atoms with E-state index in [2.05, 4.69) is 29.6 Å². The molecule has 0 radical (unpaired) electrons. The lowest BCUT2D eigenvalue weighted by molar-refractivity contribution is 0.382. The number of hydrogen-bond donors (Lipinski definition) is 2. The Morgan fingerprint density at radius 1 is 1.25 bits per heavy atom. The molecular formula is C10H14N2. The van der Waals surface area contributed by atoms with Crippen LogP contribution in [0.3, 0.4) is 0 Å². The molecule has 0 unspecified atom stereocenters. The molecule has 2 nitrogen and oxygen atoms in total. The summed E-state index contributed by atoms with van der Waals surface area (Å²) in [5, 5.41) is 3.16. The second kappa shape index (κ2) is 2.57. The molecule has 12 heavy (non-hydrogen) atoms. The van der Waals surface area contributed by atoms with Gasteiger partial charge in [-0.05, 0) is 18.2 Å². The van der Waals surface area contributed by atoms with Crippen LogP contribution in [0, 0.1) is 0 Å². The smallest absolute Gasteiger partial charge is 0.0742 e. The van der Waals surface area contributed by atoms with Gasteiger partial charge in [-0.25, -0.2) is 0 Å². The van der Waals surface area contributed by atoms with Crippen LogP contribution < -0.4 is 11.1 Å². The normalized spacial score (nSPS) is 19.2. The molecule has 0 spiro atoms. The van der Waals surface area contributed by atoms with Crippen molar-refractivity contribution in [1.29, 1.82) is 0 Å². The van der Waals surface area contributed by atoms with Gasteiger partial charge in [0.2, 0.25) is 0 Å². The van der Waals surface area contributed by atoms with Gasteiger partial charge in [-0.15, -0.1) is 0 Å². The molecule has 2 heteroatoms. The highest BCUT2D eigenvalue weighted by Crippen LogP contribution is 2.25. The fourth-order valence-electron chi connectivity index (χ4n) is 1.82. The maximum Gasteiger partial charge on any atom is 0.0742 e. The summed E-state index contributed by atoms with van der Waals surface area (Å²) in [6.45, 7) is 0. The van der Waals surface area contributed by atoms with E-state index in [1.54, 1.807) is 0 Å². The van der Waals surface area contributed by atoms with E-state index in [-0.39, 0.29) is 5.66 Å². The lowest BCUT2D eigenvalue weighted by Gasteiger charge is -2.22. The largest absolute Gasteiger partial charge is 0.313 e. The molecule has 3 N–H and O–H groups in total. The van der Waals surface area contributed by atoms with Crippen molar-refractivity contribution in [3.63, 3.8) is 0 Å². The summed E-state index contributed by atoms with van der Waals surface area (Å²) in [6, 6.07) is 8.45. The van der Waals surface area contributed by atoms with Gasteiger partial charge in [0.25, 0.3) is 0 Å². The Balaban J connectivity index is 2.33. The lowest BCUT2D eigenvalue weighted by Crippen LogP contribution is -2.52. The van der Waals surface area contributed by atoms with Gasteiger partial charge < -0.3 is 11.1 Å². The van der Waals surface area contributed by atoms with Crippen LogP contribution in [0.4, 0.5) is 0 Å². The van der Waals surface area contributed by atoms with E-state index in [0.717, 1.165) is 12.8 Å². The Morgan fingerprint density at radius 2 is 1.75 bits per heavy atom. The summed E-state index contributed by atoms with van der Waals surface area (Å²) in [5.74, 6) is 0. The van der Waals surface area contributed by atoms with E-state index in [4.69, 9.17) is 5.73 Å². The number of benzene rings is 1. The van der Waals surface area contributed by atoms with Gasteiger partial charge in [0.1, 0.15) is 0 Å². The molecule has 0 fully saturated rings. The van der Waals surface area contributed by atoms with Crippen LogP contribution in [-0.2, 0) is 12.8 Å². The predicted molar refractivity (Wildman–Crippen MR) is 49.8 cm³/mol. The minimum atomic E-state index is -0.205. The van der Waals surface area contributed by atoms with Crippen LogP contribution in [0.2, 0.25) is 0 Å². The van der Waals surface area contributed by atoms with Crippen LogP contribution in [0.15, 0.2) is 24.3 Å². The molecule has 1 aromatic rings. The summed E-state index contributed by atoms with van der Waals surface area (Å²) in [4.78, 5) is 0. The molecule has 0 saturated carbocycles. The average Bonchev–Trinajstić information content (AvgIpc) is 2.42. The van der Waals surface area contributed by atoms with Crippen LogP contribution >= 0.6 is 0 Å². The van der Waals surface area contributed by atoms with Gasteiger partial charge >= 0.3 is 0 Å². The third-order valence-electron chi connectivity index (χ3n) is 2.63. The first-order valence-corrected chi connectivity index (χ1v) is 4.28. The monoisotopic (exact) mass is 162 g/mol. The standard InChI is InChI=1S/C10H14N2/c1-12-10(11)6-8-4-2-3-5-9(8)7-10/h2-5,12H,6-7,11H2,1H3. The number of likely N-dealkylation sites (N-methyl/N-ethyl adjacent to an activating group) is 1. The molecule has 0 heterocycles. The molecule has 2 rings (SSSR count). The molecule has 0 amide bonds. The van der Waals surface area contributed by atoms with Crippen molar-refractivity contribution in [1.82, 2.24) is 5.32 Å². The molecule has 0 saturated heterocycles. The summed E-state index contributed by atoms with van der Waals surface area (Å²) >= 11 is 0. The SMILES string of the molecule is CNC1(N)Cc2ccccc2C1. The molecule has 1 aromatic carbocycles. The van der Waals surface area contributed by atoms with Crippen molar-refractivity contribution in [3.05, 3.63) is 35.4 Å². The van der Waals surface area contributed by atoms with E-state index in [1.165, 1.54) is 11.1 Å². The highest BCUT2D eigenvalue weighted by atomic mass is 15.1. The third kappa shape index (κ3) is 1.13. The van der Waals surface area contributed by atoms with Gasteiger partial charge in [-0.3, -0.25) is 0 Å². The van der Waals surface area contributed by atoms with Crippen molar-refractivity contribution in [2.75, 3.05) is 7.05 Å². The zero-order valence-corrected chi connectivity index (χ0v) is 7.30. The zero-order valence-electron chi connectivity index (χ0n) is 7.30. The van der Waals surface area contributed by atoms with Gasteiger partial charge in [0.05, 0.1) is 5.66 Å². The average molecular weight is 162 g/mol. The van der Waals surface area contributed by atoms with Crippen LogP contribution in [0.25, 0.3) is 0 Å². The maximum absolute atomic E-state index is 6.10. The molecule has 0 atom stereocenters. The van der Waals surface area contributed by atoms with Gasteiger partial charge in [-0.1, -0.05) is 24.3 Å². The van der Waals surface area contributed by atoms with Crippen LogP contribution in [0.5, 0.6) is 0 Å². The number of hydrogen-bond acceptors (Lipinski definition) is 2. The summed E-state index contributed by atoms with van der Waals surface area (Å²) in [5.41, 5.74) is 8.66. The van der Waals surface area contributed by atoms with Crippen LogP contribution in [-0.4, -0.2) is 12.7 Å². The van der Waals surface area contributed by atoms with Crippen molar-refractivity contribution in [3.8, 4) is 0 Å². The van der Waals surface area contributed by atoms with Crippen LogP contribution in [0.1, 0.15) is 11.1 Å². The second-order valence-electron chi connectivity index (χ2n) is 3.53. The minimum absolute atomic E-state index is 0.205. The van der Waals surface area contributed by atoms with Crippen molar-refractivity contribution in [2.24, 2.45) is 5.73 Å². The fourth-order valence-corrected chi connectivity index (χ4v) is 1.82. The van der Waals surface area contributed by atoms with Crippen molar-refractivity contribution in [2.45, 2.75) is 18.5 Å². The van der Waals surface area contributed by atoms with Gasteiger partial charge in [0.15, 0.2) is 0 Å². The highest BCUT2D eigenvalue weighted by molar-refractivity contribution is 5.35. The Bertz CT molecular complexity index is 269. The summed E-state index contributed by atoms with van der Waals surface area (Å²) in [7, 11) is 1.92. The van der Waals surface area contributed by atoms with E-state index in [9.17, 15) is 0 Å². The van der Waals surface area contributed by atoms with Gasteiger partial charge in [-0.2, -0.15) is 0 Å². The number of nitrogens with one attached hydrogen (secondary N) is 1. The molecule has 0 aromatic heterocycles. The number of fused-ring (bicyclic) bond motifs is 1. The Labute approximate surface area is 72.8 Å². The Kier molecular flexibility index (Phi) is 1.67.